The molecule has 0 saturated carbocycles. The van der Waals surface area contributed by atoms with Gasteiger partial charge in [-0.2, -0.15) is 0 Å². The molecule has 0 radical (unpaired) electrons. The Balaban J connectivity index is 2.00. The lowest BCUT2D eigenvalue weighted by atomic mass is 9.99. The van der Waals surface area contributed by atoms with Crippen LogP contribution >= 0.6 is 11.6 Å². The van der Waals surface area contributed by atoms with Gasteiger partial charge in [-0.25, -0.2) is 0 Å². The van der Waals surface area contributed by atoms with E-state index in [4.69, 9.17) is 11.6 Å². The van der Waals surface area contributed by atoms with Crippen molar-refractivity contribution in [1.29, 1.82) is 0 Å². The van der Waals surface area contributed by atoms with E-state index in [1.54, 1.807) is 11.0 Å². The molecule has 0 bridgehead atoms. The van der Waals surface area contributed by atoms with Crippen LogP contribution in [0.15, 0.2) is 78.9 Å². The molecule has 0 aromatic heterocycles. The van der Waals surface area contributed by atoms with E-state index in [1.807, 2.05) is 100 Å². The zero-order valence-electron chi connectivity index (χ0n) is 20.3. The van der Waals surface area contributed by atoms with Crippen molar-refractivity contribution in [3.8, 4) is 0 Å². The van der Waals surface area contributed by atoms with E-state index in [1.165, 1.54) is 0 Å². The van der Waals surface area contributed by atoms with Crippen molar-refractivity contribution in [3.63, 3.8) is 0 Å². The summed E-state index contributed by atoms with van der Waals surface area (Å²) >= 11 is 6.23. The Kier molecular flexibility index (Phi) is 8.51. The summed E-state index contributed by atoms with van der Waals surface area (Å²) in [6.45, 7) is 8.13. The normalized spacial score (nSPS) is 12.1. The molecule has 3 rings (SSSR count). The first-order chi connectivity index (χ1) is 16.1. The van der Waals surface area contributed by atoms with Gasteiger partial charge in [0.15, 0.2) is 0 Å². The maximum atomic E-state index is 13.8. The predicted octanol–water partition coefficient (Wildman–Crippen LogP) is 5.75. The number of carbonyl (C=O) groups excluding carboxylic acids is 2. The molecule has 34 heavy (non-hydrogen) atoms. The van der Waals surface area contributed by atoms with Crippen molar-refractivity contribution >= 4 is 23.4 Å². The van der Waals surface area contributed by atoms with Crippen molar-refractivity contribution in [2.45, 2.75) is 58.7 Å². The number of hydrogen-bond acceptors (Lipinski definition) is 2. The van der Waals surface area contributed by atoms with E-state index < -0.39 is 11.6 Å². The number of benzene rings is 3. The van der Waals surface area contributed by atoms with Gasteiger partial charge in [-0.3, -0.25) is 9.59 Å². The first-order valence-electron chi connectivity index (χ1n) is 11.6. The molecule has 3 aromatic carbocycles. The van der Waals surface area contributed by atoms with Crippen LogP contribution in [0.25, 0.3) is 0 Å². The van der Waals surface area contributed by atoms with E-state index in [9.17, 15) is 9.59 Å². The second-order valence-corrected chi connectivity index (χ2v) is 10.1. The van der Waals surface area contributed by atoms with Gasteiger partial charge in [0.05, 0.1) is 6.42 Å². The molecule has 0 spiro atoms. The van der Waals surface area contributed by atoms with Gasteiger partial charge in [-0.1, -0.05) is 78.3 Å². The van der Waals surface area contributed by atoms with Crippen LogP contribution in [-0.4, -0.2) is 28.3 Å². The van der Waals surface area contributed by atoms with Crippen molar-refractivity contribution in [3.05, 3.63) is 106 Å². The van der Waals surface area contributed by atoms with Crippen LogP contribution in [0, 0.1) is 6.92 Å². The summed E-state index contributed by atoms with van der Waals surface area (Å²) in [6.07, 6.45) is 0.643. The van der Waals surface area contributed by atoms with Gasteiger partial charge in [0.25, 0.3) is 0 Å². The summed E-state index contributed by atoms with van der Waals surface area (Å²) in [4.78, 5) is 29.0. The number of hydrogen-bond donors (Lipinski definition) is 1. The lowest BCUT2D eigenvalue weighted by Crippen LogP contribution is -2.54. The number of amides is 2. The highest BCUT2D eigenvalue weighted by atomic mass is 35.5. The molecule has 5 heteroatoms. The zero-order valence-corrected chi connectivity index (χ0v) is 21.1. The fourth-order valence-corrected chi connectivity index (χ4v) is 4.12. The van der Waals surface area contributed by atoms with Crippen molar-refractivity contribution in [2.24, 2.45) is 0 Å². The Morgan fingerprint density at radius 3 is 2.21 bits per heavy atom. The van der Waals surface area contributed by atoms with Gasteiger partial charge in [-0.15, -0.1) is 0 Å². The van der Waals surface area contributed by atoms with Gasteiger partial charge >= 0.3 is 0 Å². The Bertz CT molecular complexity index is 1120. The van der Waals surface area contributed by atoms with Gasteiger partial charge in [0, 0.05) is 23.5 Å². The third-order valence-corrected chi connectivity index (χ3v) is 5.85. The molecular formula is C29H33ClN2O2. The topological polar surface area (TPSA) is 49.4 Å². The molecule has 0 unspecified atom stereocenters. The fourth-order valence-electron chi connectivity index (χ4n) is 3.91. The minimum atomic E-state index is -0.669. The molecule has 4 nitrogen and oxygen atoms in total. The van der Waals surface area contributed by atoms with E-state index in [0.717, 1.165) is 22.3 Å². The number of carbonyl (C=O) groups is 2. The maximum absolute atomic E-state index is 13.8. The second-order valence-electron chi connectivity index (χ2n) is 9.70. The Morgan fingerprint density at radius 2 is 1.56 bits per heavy atom. The first kappa shape index (κ1) is 25.5. The van der Waals surface area contributed by atoms with Crippen molar-refractivity contribution in [1.82, 2.24) is 10.2 Å². The fraction of sp³-hybridized carbons (Fsp3) is 0.310. The molecule has 0 aliphatic heterocycles. The van der Waals surface area contributed by atoms with Crippen LogP contribution in [0.5, 0.6) is 0 Å². The highest BCUT2D eigenvalue weighted by Crippen LogP contribution is 2.20. The Labute approximate surface area is 207 Å². The molecular weight excluding hydrogens is 444 g/mol. The van der Waals surface area contributed by atoms with Crippen LogP contribution in [-0.2, 0) is 29.0 Å². The van der Waals surface area contributed by atoms with Crippen LogP contribution in [0.2, 0.25) is 5.02 Å². The number of nitrogens with one attached hydrogen (secondary N) is 1. The monoisotopic (exact) mass is 476 g/mol. The van der Waals surface area contributed by atoms with Gasteiger partial charge < -0.3 is 10.2 Å². The third kappa shape index (κ3) is 7.46. The largest absolute Gasteiger partial charge is 0.350 e. The van der Waals surface area contributed by atoms with Gasteiger partial charge in [0.2, 0.25) is 11.8 Å². The zero-order chi connectivity index (χ0) is 24.7. The van der Waals surface area contributed by atoms with E-state index >= 15 is 0 Å². The van der Waals surface area contributed by atoms with Gasteiger partial charge in [-0.05, 0) is 62.1 Å². The summed E-state index contributed by atoms with van der Waals surface area (Å²) in [5, 5.41) is 3.69. The molecule has 178 valence electrons. The average molecular weight is 477 g/mol. The third-order valence-electron chi connectivity index (χ3n) is 5.61. The summed E-state index contributed by atoms with van der Waals surface area (Å²) in [6, 6.07) is 24.4. The smallest absolute Gasteiger partial charge is 0.243 e. The van der Waals surface area contributed by atoms with Crippen LogP contribution < -0.4 is 5.32 Å². The quantitative estimate of drug-likeness (QED) is 0.450. The van der Waals surface area contributed by atoms with E-state index in [2.05, 4.69) is 5.32 Å². The molecule has 2 amide bonds. The number of rotatable bonds is 8. The standard InChI is InChI=1S/C29H33ClN2O2/c1-21-11-8-9-15-24(21)19-27(33)32(20-23-14-10-16-25(30)17-23)26(28(34)31-29(2,3)4)18-22-12-6-5-7-13-22/h5-17,26H,18-20H2,1-4H3,(H,31,34)/t26-/m0/s1. The van der Waals surface area contributed by atoms with Crippen LogP contribution in [0.1, 0.15) is 43.0 Å². The molecule has 3 aromatic rings. The first-order valence-corrected chi connectivity index (χ1v) is 11.9. The maximum Gasteiger partial charge on any atom is 0.243 e. The van der Waals surface area contributed by atoms with Crippen molar-refractivity contribution in [2.75, 3.05) is 0 Å². The SMILES string of the molecule is Cc1ccccc1CC(=O)N(Cc1cccc(Cl)c1)[C@@H](Cc1ccccc1)C(=O)NC(C)(C)C. The highest BCUT2D eigenvalue weighted by Gasteiger charge is 2.32. The molecule has 1 N–H and O–H groups in total. The Morgan fingerprint density at radius 1 is 0.912 bits per heavy atom. The van der Waals surface area contributed by atoms with Crippen LogP contribution in [0.4, 0.5) is 0 Å². The summed E-state index contributed by atoms with van der Waals surface area (Å²) in [5.74, 6) is -0.268. The second kappa shape index (κ2) is 11.3. The lowest BCUT2D eigenvalue weighted by molar-refractivity contribution is -0.141. The van der Waals surface area contributed by atoms with Crippen molar-refractivity contribution < 1.29 is 9.59 Å². The van der Waals surface area contributed by atoms with Gasteiger partial charge in [0.1, 0.15) is 6.04 Å². The minimum Gasteiger partial charge on any atom is -0.350 e. The summed E-state index contributed by atoms with van der Waals surface area (Å²) < 4.78 is 0. The molecule has 1 atom stereocenters. The molecule has 0 aliphatic rings. The molecule has 0 saturated heterocycles. The predicted molar refractivity (Wildman–Crippen MR) is 139 cm³/mol. The molecule has 0 aliphatic carbocycles. The number of aryl methyl sites for hydroxylation is 1. The van der Waals surface area contributed by atoms with Crippen LogP contribution in [0.3, 0.4) is 0 Å². The Hall–Kier alpha value is -3.11. The lowest BCUT2D eigenvalue weighted by Gasteiger charge is -2.34. The number of halogens is 1. The summed E-state index contributed by atoms with van der Waals surface area (Å²) in [7, 11) is 0. The minimum absolute atomic E-state index is 0.0979. The average Bonchev–Trinajstić information content (AvgIpc) is 2.77. The molecule has 0 fully saturated rings. The van der Waals surface area contributed by atoms with E-state index in [0.29, 0.717) is 18.0 Å². The molecule has 0 heterocycles. The summed E-state index contributed by atoms with van der Waals surface area (Å²) in [5.41, 5.74) is 3.46. The highest BCUT2D eigenvalue weighted by molar-refractivity contribution is 6.30. The number of nitrogens with zero attached hydrogens (tertiary/aromatic N) is 1. The van der Waals surface area contributed by atoms with E-state index in [-0.39, 0.29) is 18.2 Å².